The quantitative estimate of drug-likeness (QED) is 0.0219. The van der Waals surface area contributed by atoms with Crippen molar-refractivity contribution < 1.29 is 28.5 Å². The molecular weight excluding hydrogens is 1040 g/mol. The first-order valence-corrected chi connectivity index (χ1v) is 32.0. The summed E-state index contributed by atoms with van der Waals surface area (Å²) in [6.45, 7) is 24.9. The lowest BCUT2D eigenvalue weighted by Gasteiger charge is -2.33. The van der Waals surface area contributed by atoms with E-state index in [1.165, 1.54) is 141 Å². The molecular formula is C73H90O6S2. The summed E-state index contributed by atoms with van der Waals surface area (Å²) in [4.78, 5) is 29.6. The summed E-state index contributed by atoms with van der Waals surface area (Å²) in [5.74, 6) is 1.90. The molecule has 2 atom stereocenters. The molecule has 4 aromatic carbocycles. The molecule has 2 heterocycles. The molecule has 0 fully saturated rings. The van der Waals surface area contributed by atoms with Crippen molar-refractivity contribution in [2.24, 2.45) is 11.8 Å². The average Bonchev–Trinajstić information content (AvgIpc) is 4.28. The van der Waals surface area contributed by atoms with Crippen LogP contribution in [0.1, 0.15) is 167 Å². The Kier molecular flexibility index (Phi) is 25.0. The van der Waals surface area contributed by atoms with Crippen LogP contribution in [0.2, 0.25) is 0 Å². The predicted molar refractivity (Wildman–Crippen MR) is 344 cm³/mol. The van der Waals surface area contributed by atoms with Crippen LogP contribution < -0.4 is 9.47 Å². The molecule has 0 radical (unpaired) electrons. The second kappa shape index (κ2) is 32.4. The zero-order valence-corrected chi connectivity index (χ0v) is 50.8. The second-order valence-electron chi connectivity index (χ2n) is 22.4. The van der Waals surface area contributed by atoms with Crippen LogP contribution in [0.4, 0.5) is 0 Å². The summed E-state index contributed by atoms with van der Waals surface area (Å²) < 4.78 is 23.1. The van der Waals surface area contributed by atoms with Crippen LogP contribution in [-0.2, 0) is 24.5 Å². The van der Waals surface area contributed by atoms with E-state index in [-0.39, 0.29) is 17.4 Å². The number of thiophene rings is 2. The lowest BCUT2D eigenvalue weighted by molar-refractivity contribution is -0.146. The summed E-state index contributed by atoms with van der Waals surface area (Å²) in [6.07, 6.45) is 27.1. The molecule has 0 unspecified atom stereocenters. The maximum absolute atomic E-state index is 12.2. The third-order valence-electron chi connectivity index (χ3n) is 16.2. The van der Waals surface area contributed by atoms with Crippen LogP contribution in [0.25, 0.3) is 52.9 Å². The van der Waals surface area contributed by atoms with Gasteiger partial charge < -0.3 is 18.9 Å². The largest absolute Gasteiger partial charge is 0.494 e. The molecule has 0 saturated carbocycles. The molecule has 8 heteroatoms. The maximum Gasteiger partial charge on any atom is 0.306 e. The molecule has 1 aliphatic carbocycles. The van der Waals surface area contributed by atoms with Crippen molar-refractivity contribution in [3.63, 3.8) is 0 Å². The normalized spacial score (nSPS) is 13.1. The van der Waals surface area contributed by atoms with Gasteiger partial charge in [0.2, 0.25) is 0 Å². The van der Waals surface area contributed by atoms with Gasteiger partial charge in [-0.2, -0.15) is 0 Å². The van der Waals surface area contributed by atoms with Gasteiger partial charge in [0.1, 0.15) is 23.7 Å². The van der Waals surface area contributed by atoms with Crippen LogP contribution in [0.15, 0.2) is 160 Å². The summed E-state index contributed by atoms with van der Waals surface area (Å²) in [5.41, 5.74) is 10.7. The van der Waals surface area contributed by atoms with E-state index < -0.39 is 12.2 Å². The van der Waals surface area contributed by atoms with Gasteiger partial charge >= 0.3 is 11.9 Å². The average molecular weight is 1130 g/mol. The number of benzene rings is 4. The van der Waals surface area contributed by atoms with E-state index in [4.69, 9.17) is 18.9 Å². The first kappa shape index (κ1) is 62.4. The third-order valence-corrected chi connectivity index (χ3v) is 18.6. The maximum atomic E-state index is 12.2. The first-order valence-electron chi connectivity index (χ1n) is 30.4. The van der Waals surface area contributed by atoms with Crippen LogP contribution in [0.5, 0.6) is 11.5 Å². The minimum atomic E-state index is -0.444. The van der Waals surface area contributed by atoms with Crippen molar-refractivity contribution >= 4 is 34.6 Å². The van der Waals surface area contributed by atoms with Gasteiger partial charge in [-0.15, -0.1) is 22.7 Å². The van der Waals surface area contributed by atoms with Crippen molar-refractivity contribution in [1.29, 1.82) is 0 Å². The van der Waals surface area contributed by atoms with Crippen molar-refractivity contribution in [3.8, 4) is 64.4 Å². The number of rotatable bonds is 38. The highest BCUT2D eigenvalue weighted by atomic mass is 32.1. The summed E-state index contributed by atoms with van der Waals surface area (Å²) >= 11 is 3.73. The highest BCUT2D eigenvalue weighted by molar-refractivity contribution is 7.19. The van der Waals surface area contributed by atoms with Gasteiger partial charge in [-0.25, -0.2) is 0 Å². The zero-order chi connectivity index (χ0) is 57.4. The number of fused-ring (bicyclic) bond motifs is 3. The molecule has 0 saturated heterocycles. The van der Waals surface area contributed by atoms with Gasteiger partial charge in [0, 0.05) is 37.8 Å². The van der Waals surface area contributed by atoms with Gasteiger partial charge in [0.25, 0.3) is 0 Å². The topological polar surface area (TPSA) is 71.1 Å². The summed E-state index contributed by atoms with van der Waals surface area (Å²) in [5, 5.41) is 0. The molecule has 0 bridgehead atoms. The fourth-order valence-corrected chi connectivity index (χ4v) is 13.2. The van der Waals surface area contributed by atoms with E-state index in [2.05, 4.69) is 163 Å². The van der Waals surface area contributed by atoms with Gasteiger partial charge in [-0.1, -0.05) is 155 Å². The van der Waals surface area contributed by atoms with E-state index in [1.54, 1.807) is 24.3 Å². The molecule has 2 aromatic heterocycles. The number of unbranched alkanes of at least 4 members (excludes halogenated alkanes) is 10. The van der Waals surface area contributed by atoms with Crippen LogP contribution in [-0.4, -0.2) is 37.4 Å². The predicted octanol–water partition coefficient (Wildman–Crippen LogP) is 21.2. The SMILES string of the molecule is C=CC(C=C)OC(=O)CC[C@H](C)CCOc1ccc(-c2ccc(-c3ccc4c(c3)C(CCCCCCCC)(CCCCCCCC)c3cc(-c5ccc(-c6ccc(OCC[C@@H](C)CCC(=O)OC(C=C)C=C)cc6)s5)ccc3-4)s2)cc1. The standard InChI is InChI=1S/C73H90O6S2/c1-9-15-17-19-21-23-47-73(48-24-22-20-18-16-10-2)65-51-57(69-41-39-67(80-69)55-27-33-61(34-28-55)76-49-45-53(7)25-43-71(74)78-59(11-3)12-4)31-37-63(65)64-38-32-58(52-66(64)73)70-42-40-68(81-70)56-29-35-62(36-30-56)77-50-46-54(8)26-44-72(75)79-60(13-5)14-6/h11-14,27-42,51-54,59-60H,3-6,9-10,15-26,43-50H2,1-2,7-8H3/t53-,54-/m0/s1. The highest BCUT2D eigenvalue weighted by Gasteiger charge is 2.43. The van der Waals surface area contributed by atoms with Crippen LogP contribution >= 0.6 is 22.7 Å². The molecule has 0 aliphatic heterocycles. The Balaban J connectivity index is 1.06. The molecule has 6 aromatic rings. The molecule has 0 spiro atoms. The minimum absolute atomic E-state index is 0.0632. The number of carbonyl (C=O) groups excluding carboxylic acids is 2. The van der Waals surface area contributed by atoms with Crippen LogP contribution in [0.3, 0.4) is 0 Å². The molecule has 7 rings (SSSR count). The Hall–Kier alpha value is -6.22. The number of ether oxygens (including phenoxy) is 4. The number of hydrogen-bond donors (Lipinski definition) is 0. The molecule has 0 N–H and O–H groups in total. The summed E-state index contributed by atoms with van der Waals surface area (Å²) in [7, 11) is 0. The smallest absolute Gasteiger partial charge is 0.306 e. The first-order chi connectivity index (χ1) is 39.5. The van der Waals surface area contributed by atoms with Gasteiger partial charge in [0.15, 0.2) is 0 Å². The van der Waals surface area contributed by atoms with Gasteiger partial charge in [0.05, 0.1) is 13.2 Å². The Bertz CT molecular complexity index is 2720. The Morgan fingerprint density at radius 3 is 1.17 bits per heavy atom. The molecule has 0 amide bonds. The van der Waals surface area contributed by atoms with Crippen molar-refractivity contribution in [2.45, 2.75) is 174 Å². The lowest BCUT2D eigenvalue weighted by atomic mass is 9.70. The monoisotopic (exact) mass is 1130 g/mol. The van der Waals surface area contributed by atoms with Crippen molar-refractivity contribution in [2.75, 3.05) is 13.2 Å². The van der Waals surface area contributed by atoms with Crippen molar-refractivity contribution in [1.82, 2.24) is 0 Å². The number of hydrogen-bond acceptors (Lipinski definition) is 8. The fraction of sp³-hybridized carbons (Fsp3) is 0.425. The van der Waals surface area contributed by atoms with E-state index in [0.717, 1.165) is 50.0 Å². The van der Waals surface area contributed by atoms with E-state index in [0.29, 0.717) is 37.9 Å². The van der Waals surface area contributed by atoms with E-state index in [1.807, 2.05) is 22.7 Å². The van der Waals surface area contributed by atoms with Gasteiger partial charge in [-0.05, 0) is 204 Å². The molecule has 6 nitrogen and oxygen atoms in total. The van der Waals surface area contributed by atoms with Crippen molar-refractivity contribution in [3.05, 3.63) is 171 Å². The lowest BCUT2D eigenvalue weighted by Crippen LogP contribution is -2.25. The zero-order valence-electron chi connectivity index (χ0n) is 49.2. The Morgan fingerprint density at radius 2 is 0.802 bits per heavy atom. The number of carbonyl (C=O) groups is 2. The Labute approximate surface area is 494 Å². The van der Waals surface area contributed by atoms with E-state index >= 15 is 0 Å². The minimum Gasteiger partial charge on any atom is -0.494 e. The molecule has 1 aliphatic rings. The second-order valence-corrected chi connectivity index (χ2v) is 24.6. The third kappa shape index (κ3) is 17.9. The molecule has 430 valence electrons. The summed E-state index contributed by atoms with van der Waals surface area (Å²) in [6, 6.07) is 40.9. The number of esters is 2. The van der Waals surface area contributed by atoms with Gasteiger partial charge in [-0.3, -0.25) is 9.59 Å². The van der Waals surface area contributed by atoms with E-state index in [9.17, 15) is 9.59 Å². The fourth-order valence-electron chi connectivity index (χ4n) is 11.2. The van der Waals surface area contributed by atoms with Crippen LogP contribution in [0, 0.1) is 11.8 Å². The molecule has 81 heavy (non-hydrogen) atoms. The highest BCUT2D eigenvalue weighted by Crippen LogP contribution is 2.56. The Morgan fingerprint density at radius 1 is 0.457 bits per heavy atom.